The molecule has 5 nitrogen and oxygen atoms in total. The monoisotopic (exact) mass is 321 g/mol. The van der Waals surface area contributed by atoms with E-state index in [0.717, 1.165) is 22.9 Å². The third kappa shape index (κ3) is 3.96. The molecular weight excluding hydrogens is 298 g/mol. The predicted octanol–water partition coefficient (Wildman–Crippen LogP) is 3.10. The number of aromatic nitrogens is 2. The van der Waals surface area contributed by atoms with Crippen molar-refractivity contribution in [1.82, 2.24) is 14.9 Å². The SMILES string of the molecule is Cc1cc(C(=O)NCCCOC(C)C)c(C)n1-c1nccs1. The number of aryl methyl sites for hydroxylation is 1. The van der Waals surface area contributed by atoms with E-state index in [-0.39, 0.29) is 12.0 Å². The van der Waals surface area contributed by atoms with Crippen LogP contribution in [0.2, 0.25) is 0 Å². The number of hydrogen-bond acceptors (Lipinski definition) is 4. The quantitative estimate of drug-likeness (QED) is 0.797. The fourth-order valence-corrected chi connectivity index (χ4v) is 3.05. The molecule has 0 spiro atoms. The second-order valence-corrected chi connectivity index (χ2v) is 6.34. The molecule has 0 radical (unpaired) electrons. The fraction of sp³-hybridized carbons (Fsp3) is 0.500. The van der Waals surface area contributed by atoms with Gasteiger partial charge in [-0.2, -0.15) is 0 Å². The summed E-state index contributed by atoms with van der Waals surface area (Å²) in [4.78, 5) is 16.6. The Kier molecular flexibility index (Phi) is 5.74. The number of rotatable bonds is 7. The van der Waals surface area contributed by atoms with Gasteiger partial charge in [0.1, 0.15) is 0 Å². The molecule has 0 unspecified atom stereocenters. The summed E-state index contributed by atoms with van der Waals surface area (Å²) in [5.41, 5.74) is 2.64. The summed E-state index contributed by atoms with van der Waals surface area (Å²) in [6, 6.07) is 1.91. The first-order chi connectivity index (χ1) is 10.5. The highest BCUT2D eigenvalue weighted by Crippen LogP contribution is 2.22. The first kappa shape index (κ1) is 16.7. The number of amides is 1. The number of ether oxygens (including phenoxy) is 1. The van der Waals surface area contributed by atoms with Crippen molar-refractivity contribution in [3.05, 3.63) is 34.6 Å². The summed E-state index contributed by atoms with van der Waals surface area (Å²) in [6.45, 7) is 9.23. The van der Waals surface area contributed by atoms with Gasteiger partial charge in [-0.15, -0.1) is 11.3 Å². The molecule has 0 aliphatic carbocycles. The molecule has 0 aromatic carbocycles. The van der Waals surface area contributed by atoms with Crippen molar-refractivity contribution in [3.63, 3.8) is 0 Å². The Morgan fingerprint density at radius 3 is 2.86 bits per heavy atom. The molecule has 120 valence electrons. The Bertz CT molecular complexity index is 618. The molecule has 2 aromatic rings. The maximum absolute atomic E-state index is 12.3. The highest BCUT2D eigenvalue weighted by molar-refractivity contribution is 7.12. The minimum atomic E-state index is -0.0412. The lowest BCUT2D eigenvalue weighted by molar-refractivity contribution is 0.0757. The van der Waals surface area contributed by atoms with Gasteiger partial charge in [-0.3, -0.25) is 9.36 Å². The Morgan fingerprint density at radius 1 is 1.45 bits per heavy atom. The fourth-order valence-electron chi connectivity index (χ4n) is 2.30. The smallest absolute Gasteiger partial charge is 0.253 e. The first-order valence-corrected chi connectivity index (χ1v) is 8.37. The summed E-state index contributed by atoms with van der Waals surface area (Å²) < 4.78 is 7.48. The number of hydrogen-bond donors (Lipinski definition) is 1. The number of thiazole rings is 1. The Hall–Kier alpha value is -1.66. The molecule has 2 heterocycles. The summed E-state index contributed by atoms with van der Waals surface area (Å²) >= 11 is 1.56. The van der Waals surface area contributed by atoms with Gasteiger partial charge in [-0.1, -0.05) is 0 Å². The van der Waals surface area contributed by atoms with Gasteiger partial charge in [0.2, 0.25) is 0 Å². The minimum Gasteiger partial charge on any atom is -0.379 e. The zero-order valence-electron chi connectivity index (χ0n) is 13.5. The average Bonchev–Trinajstić information content (AvgIpc) is 3.06. The molecule has 2 rings (SSSR count). The van der Waals surface area contributed by atoms with Crippen LogP contribution in [0, 0.1) is 13.8 Å². The minimum absolute atomic E-state index is 0.0412. The topological polar surface area (TPSA) is 56.1 Å². The maximum atomic E-state index is 12.3. The molecule has 2 aromatic heterocycles. The standard InChI is InChI=1S/C16H23N3O2S/c1-11(2)21-8-5-6-17-15(20)14-10-12(3)19(13(14)4)16-18-7-9-22-16/h7,9-11H,5-6,8H2,1-4H3,(H,17,20). The second kappa shape index (κ2) is 7.56. The van der Waals surface area contributed by atoms with Gasteiger partial charge in [0.05, 0.1) is 11.7 Å². The molecule has 0 bridgehead atoms. The predicted molar refractivity (Wildman–Crippen MR) is 89.0 cm³/mol. The lowest BCUT2D eigenvalue weighted by Crippen LogP contribution is -2.26. The molecule has 0 aliphatic rings. The average molecular weight is 321 g/mol. The van der Waals surface area contributed by atoms with Gasteiger partial charge in [-0.05, 0) is 40.2 Å². The van der Waals surface area contributed by atoms with Gasteiger partial charge >= 0.3 is 0 Å². The molecule has 6 heteroatoms. The van der Waals surface area contributed by atoms with Crippen LogP contribution in [0.5, 0.6) is 0 Å². The normalized spacial score (nSPS) is 11.1. The van der Waals surface area contributed by atoms with Crippen molar-refractivity contribution in [2.24, 2.45) is 0 Å². The number of nitrogens with zero attached hydrogens (tertiary/aromatic N) is 2. The Morgan fingerprint density at radius 2 is 2.23 bits per heavy atom. The Balaban J connectivity index is 1.98. The molecule has 22 heavy (non-hydrogen) atoms. The van der Waals surface area contributed by atoms with Crippen LogP contribution in [0.4, 0.5) is 0 Å². The van der Waals surface area contributed by atoms with E-state index in [9.17, 15) is 4.79 Å². The number of carbonyl (C=O) groups excluding carboxylic acids is 1. The van der Waals surface area contributed by atoms with E-state index in [1.54, 1.807) is 17.5 Å². The lowest BCUT2D eigenvalue weighted by atomic mass is 10.2. The molecule has 0 saturated heterocycles. The van der Waals surface area contributed by atoms with E-state index in [2.05, 4.69) is 10.3 Å². The van der Waals surface area contributed by atoms with Gasteiger partial charge in [0.25, 0.3) is 5.91 Å². The van der Waals surface area contributed by atoms with Crippen LogP contribution >= 0.6 is 11.3 Å². The first-order valence-electron chi connectivity index (χ1n) is 7.49. The van der Waals surface area contributed by atoms with Crippen LogP contribution in [-0.4, -0.2) is 34.7 Å². The van der Waals surface area contributed by atoms with Crippen LogP contribution in [0.3, 0.4) is 0 Å². The van der Waals surface area contributed by atoms with E-state index in [1.807, 2.05) is 43.7 Å². The van der Waals surface area contributed by atoms with Crippen LogP contribution < -0.4 is 5.32 Å². The summed E-state index contributed by atoms with van der Waals surface area (Å²) in [5.74, 6) is -0.0412. The molecule has 1 amide bonds. The zero-order valence-corrected chi connectivity index (χ0v) is 14.4. The third-order valence-corrected chi connectivity index (χ3v) is 4.10. The second-order valence-electron chi connectivity index (χ2n) is 5.46. The van der Waals surface area contributed by atoms with Crippen LogP contribution in [0.1, 0.15) is 42.0 Å². The lowest BCUT2D eigenvalue weighted by Gasteiger charge is -2.08. The summed E-state index contributed by atoms with van der Waals surface area (Å²) in [5, 5.41) is 5.77. The highest BCUT2D eigenvalue weighted by atomic mass is 32.1. The zero-order chi connectivity index (χ0) is 16.1. The van der Waals surface area contributed by atoms with E-state index in [1.165, 1.54) is 0 Å². The van der Waals surface area contributed by atoms with E-state index in [4.69, 9.17) is 4.74 Å². The van der Waals surface area contributed by atoms with E-state index in [0.29, 0.717) is 18.7 Å². The van der Waals surface area contributed by atoms with E-state index < -0.39 is 0 Å². The van der Waals surface area contributed by atoms with E-state index >= 15 is 0 Å². The van der Waals surface area contributed by atoms with Crippen LogP contribution in [-0.2, 0) is 4.74 Å². The molecule has 0 atom stereocenters. The Labute approximate surface area is 135 Å². The van der Waals surface area contributed by atoms with Gasteiger partial charge in [0, 0.05) is 36.1 Å². The molecule has 0 fully saturated rings. The van der Waals surface area contributed by atoms with Gasteiger partial charge in [-0.25, -0.2) is 4.98 Å². The van der Waals surface area contributed by atoms with Gasteiger partial charge < -0.3 is 10.1 Å². The van der Waals surface area contributed by atoms with Crippen molar-refractivity contribution in [2.45, 2.75) is 40.2 Å². The largest absolute Gasteiger partial charge is 0.379 e. The molecule has 1 N–H and O–H groups in total. The van der Waals surface area contributed by atoms with Crippen molar-refractivity contribution in [1.29, 1.82) is 0 Å². The molecular formula is C16H23N3O2S. The van der Waals surface area contributed by atoms with Crippen LogP contribution in [0.25, 0.3) is 5.13 Å². The number of carbonyl (C=O) groups is 1. The van der Waals surface area contributed by atoms with Crippen molar-refractivity contribution >= 4 is 17.2 Å². The summed E-state index contributed by atoms with van der Waals surface area (Å²) in [6.07, 6.45) is 2.82. The number of nitrogens with one attached hydrogen (secondary N) is 1. The molecule has 0 aliphatic heterocycles. The molecule has 0 saturated carbocycles. The summed E-state index contributed by atoms with van der Waals surface area (Å²) in [7, 11) is 0. The highest BCUT2D eigenvalue weighted by Gasteiger charge is 2.17. The van der Waals surface area contributed by atoms with Gasteiger partial charge in [0.15, 0.2) is 5.13 Å². The van der Waals surface area contributed by atoms with Crippen molar-refractivity contribution in [2.75, 3.05) is 13.2 Å². The van der Waals surface area contributed by atoms with Crippen molar-refractivity contribution in [3.8, 4) is 5.13 Å². The van der Waals surface area contributed by atoms with Crippen LogP contribution in [0.15, 0.2) is 17.6 Å². The third-order valence-electron chi connectivity index (χ3n) is 3.34. The van der Waals surface area contributed by atoms with Crippen molar-refractivity contribution < 1.29 is 9.53 Å². The maximum Gasteiger partial charge on any atom is 0.253 e.